The Kier molecular flexibility index (Phi) is 15.6. The van der Waals surface area contributed by atoms with Crippen LogP contribution in [0.2, 0.25) is 0 Å². The summed E-state index contributed by atoms with van der Waals surface area (Å²) in [5.41, 5.74) is 13.5. The van der Waals surface area contributed by atoms with Crippen molar-refractivity contribution in [3.8, 4) is 0 Å². The lowest BCUT2D eigenvalue weighted by molar-refractivity contribution is -0.121. The van der Waals surface area contributed by atoms with Gasteiger partial charge in [-0.05, 0) is 28.5 Å². The van der Waals surface area contributed by atoms with E-state index in [1.165, 1.54) is 14.2 Å². The number of carbonyl (C=O) groups is 3. The van der Waals surface area contributed by atoms with Gasteiger partial charge in [-0.1, -0.05) is 119 Å². The van der Waals surface area contributed by atoms with Gasteiger partial charge in [0.25, 0.3) is 15.0 Å². The highest BCUT2D eigenvalue weighted by Crippen LogP contribution is 2.57. The molecule has 15 heteroatoms. The molecule has 0 radical (unpaired) electrons. The first-order valence-electron chi connectivity index (χ1n) is 16.7. The molecule has 278 valence electrons. The standard InChI is InChI=1S/C36H51N5O8P2/c1-25(2)32(34(37)42)39-50(45,47-5)30(22-27-16-10-7-11-17-27)41(36(44)49-24-29-20-14-9-15-21-29)31(23-28-18-12-8-13-19-28)51(46,48-6)40-33(26(3)4)35(38)43/h7-21,25-26,30-33H,22-24H2,1-6H3,(H2,37,42)(H2,38,43)(H,39,45)(H,40,46). The number of nitrogens with one attached hydrogen (secondary N) is 2. The molecule has 0 aliphatic heterocycles. The van der Waals surface area contributed by atoms with Crippen LogP contribution in [0.4, 0.5) is 4.79 Å². The van der Waals surface area contributed by atoms with Gasteiger partial charge in [0.1, 0.15) is 18.2 Å². The first-order chi connectivity index (χ1) is 24.2. The predicted octanol–water partition coefficient (Wildman–Crippen LogP) is 5.64. The average molecular weight is 744 g/mol. The highest BCUT2D eigenvalue weighted by atomic mass is 31.2. The lowest BCUT2D eigenvalue weighted by atomic mass is 10.1. The molecule has 0 heterocycles. The van der Waals surface area contributed by atoms with Crippen LogP contribution >= 0.6 is 15.0 Å². The minimum atomic E-state index is -4.38. The molecular weight excluding hydrogens is 692 g/mol. The number of ether oxygens (including phenoxy) is 1. The molecule has 51 heavy (non-hydrogen) atoms. The van der Waals surface area contributed by atoms with E-state index in [0.717, 1.165) is 4.90 Å². The van der Waals surface area contributed by atoms with E-state index in [4.69, 9.17) is 25.3 Å². The molecular formula is C36H51N5O8P2. The van der Waals surface area contributed by atoms with Crippen molar-refractivity contribution >= 4 is 32.9 Å². The summed E-state index contributed by atoms with van der Waals surface area (Å²) in [5.74, 6) is -5.36. The maximum Gasteiger partial charge on any atom is 0.411 e. The molecule has 6 atom stereocenters. The van der Waals surface area contributed by atoms with Crippen LogP contribution in [-0.4, -0.2) is 60.7 Å². The highest BCUT2D eigenvalue weighted by molar-refractivity contribution is 7.58. The summed E-state index contributed by atoms with van der Waals surface area (Å²) >= 11 is 0. The summed E-state index contributed by atoms with van der Waals surface area (Å²) in [5, 5.41) is 5.72. The second-order valence-electron chi connectivity index (χ2n) is 12.9. The van der Waals surface area contributed by atoms with Gasteiger partial charge in [0.15, 0.2) is 0 Å². The molecule has 6 unspecified atom stereocenters. The Hall–Kier alpha value is -3.83. The molecule has 0 aliphatic rings. The van der Waals surface area contributed by atoms with Crippen LogP contribution in [0.1, 0.15) is 44.4 Å². The lowest BCUT2D eigenvalue weighted by Crippen LogP contribution is -2.55. The van der Waals surface area contributed by atoms with Crippen LogP contribution < -0.4 is 21.6 Å². The van der Waals surface area contributed by atoms with Gasteiger partial charge in [0.2, 0.25) is 11.8 Å². The number of hydrogen-bond donors (Lipinski definition) is 4. The summed E-state index contributed by atoms with van der Waals surface area (Å²) in [7, 11) is -6.37. The fourth-order valence-corrected chi connectivity index (χ4v) is 10.5. The quantitative estimate of drug-likeness (QED) is 0.105. The van der Waals surface area contributed by atoms with Gasteiger partial charge >= 0.3 is 6.09 Å². The Balaban J connectivity index is 2.38. The van der Waals surface area contributed by atoms with Crippen molar-refractivity contribution in [3.63, 3.8) is 0 Å². The van der Waals surface area contributed by atoms with Crippen LogP contribution in [0.3, 0.4) is 0 Å². The summed E-state index contributed by atoms with van der Waals surface area (Å²) in [6.45, 7) is 6.69. The van der Waals surface area contributed by atoms with E-state index >= 15 is 9.13 Å². The monoisotopic (exact) mass is 743 g/mol. The molecule has 3 rings (SSSR count). The summed E-state index contributed by atoms with van der Waals surface area (Å²) in [4.78, 5) is 41.2. The van der Waals surface area contributed by atoms with Gasteiger partial charge in [-0.3, -0.25) is 23.6 Å². The molecule has 0 bridgehead atoms. The third-order valence-corrected chi connectivity index (χ3v) is 13.3. The second kappa shape index (κ2) is 19.1. The topological polar surface area (TPSA) is 192 Å². The predicted molar refractivity (Wildman–Crippen MR) is 197 cm³/mol. The van der Waals surface area contributed by atoms with Crippen molar-refractivity contribution < 1.29 is 37.3 Å². The van der Waals surface area contributed by atoms with Gasteiger partial charge in [-0.25, -0.2) is 15.0 Å². The van der Waals surface area contributed by atoms with E-state index in [9.17, 15) is 14.4 Å². The van der Waals surface area contributed by atoms with E-state index in [-0.39, 0.29) is 19.4 Å². The Morgan fingerprint density at radius 2 is 0.961 bits per heavy atom. The van der Waals surface area contributed by atoms with E-state index < -0.39 is 68.4 Å². The van der Waals surface area contributed by atoms with Gasteiger partial charge in [0.05, 0.1) is 12.1 Å². The Bertz CT molecular complexity index is 1570. The molecule has 6 N–H and O–H groups in total. The van der Waals surface area contributed by atoms with Gasteiger partial charge < -0.3 is 25.3 Å². The molecule has 0 aromatic heterocycles. The molecule has 0 saturated heterocycles. The molecule has 3 amide bonds. The van der Waals surface area contributed by atoms with Crippen molar-refractivity contribution in [1.29, 1.82) is 0 Å². The number of benzene rings is 3. The van der Waals surface area contributed by atoms with Crippen molar-refractivity contribution in [1.82, 2.24) is 15.1 Å². The third kappa shape index (κ3) is 11.3. The van der Waals surface area contributed by atoms with Crippen molar-refractivity contribution in [2.45, 2.75) is 70.8 Å². The van der Waals surface area contributed by atoms with Crippen molar-refractivity contribution in [2.24, 2.45) is 23.3 Å². The van der Waals surface area contributed by atoms with E-state index in [2.05, 4.69) is 10.2 Å². The maximum absolute atomic E-state index is 15.3. The first-order valence-corrected chi connectivity index (χ1v) is 20.1. The number of amides is 3. The number of hydrogen-bond acceptors (Lipinski definition) is 8. The highest BCUT2D eigenvalue weighted by Gasteiger charge is 2.52. The average Bonchev–Trinajstić information content (AvgIpc) is 3.11. The zero-order chi connectivity index (χ0) is 37.8. The first kappa shape index (κ1) is 41.6. The minimum Gasteiger partial charge on any atom is -0.445 e. The van der Waals surface area contributed by atoms with Gasteiger partial charge in [-0.2, -0.15) is 0 Å². The van der Waals surface area contributed by atoms with Crippen LogP contribution in [0.25, 0.3) is 0 Å². The number of primary amides is 2. The lowest BCUT2D eigenvalue weighted by Gasteiger charge is -2.43. The van der Waals surface area contributed by atoms with Gasteiger partial charge in [-0.15, -0.1) is 0 Å². The van der Waals surface area contributed by atoms with Crippen LogP contribution in [0, 0.1) is 11.8 Å². The molecule has 0 fully saturated rings. The minimum absolute atomic E-state index is 0.110. The number of nitrogens with zero attached hydrogens (tertiary/aromatic N) is 1. The van der Waals surface area contributed by atoms with E-state index in [1.807, 2.05) is 6.07 Å². The normalized spacial score (nSPS) is 16.3. The Morgan fingerprint density at radius 1 is 0.627 bits per heavy atom. The summed E-state index contributed by atoms with van der Waals surface area (Å²) < 4.78 is 48.1. The SMILES string of the molecule is COP(=O)(NC(C(N)=O)C(C)C)C(Cc1ccccc1)N(C(=O)OCc1ccccc1)C(Cc1ccccc1)P(=O)(NC(C(N)=O)C(C)C)OC. The zero-order valence-corrected chi connectivity index (χ0v) is 31.8. The molecule has 3 aromatic carbocycles. The largest absolute Gasteiger partial charge is 0.445 e. The Morgan fingerprint density at radius 3 is 1.25 bits per heavy atom. The second-order valence-corrected chi connectivity index (χ2v) is 17.7. The maximum atomic E-state index is 15.3. The van der Waals surface area contributed by atoms with Crippen molar-refractivity contribution in [3.05, 3.63) is 108 Å². The van der Waals surface area contributed by atoms with E-state index in [1.54, 1.807) is 113 Å². The molecule has 3 aromatic rings. The Labute approximate surface area is 300 Å². The number of carbonyl (C=O) groups excluding carboxylic acids is 3. The molecule has 13 nitrogen and oxygen atoms in total. The van der Waals surface area contributed by atoms with E-state index in [0.29, 0.717) is 16.7 Å². The van der Waals surface area contributed by atoms with Crippen LogP contribution in [0.5, 0.6) is 0 Å². The molecule has 0 spiro atoms. The van der Waals surface area contributed by atoms with Crippen LogP contribution in [0.15, 0.2) is 91.0 Å². The zero-order valence-electron chi connectivity index (χ0n) is 30.0. The third-order valence-electron chi connectivity index (χ3n) is 8.49. The van der Waals surface area contributed by atoms with Gasteiger partial charge in [0, 0.05) is 27.1 Å². The van der Waals surface area contributed by atoms with Crippen LogP contribution in [-0.2, 0) is 52.0 Å². The smallest absolute Gasteiger partial charge is 0.411 e. The number of rotatable bonds is 20. The fourth-order valence-electron chi connectivity index (χ4n) is 5.64. The summed E-state index contributed by atoms with van der Waals surface area (Å²) in [6, 6.07) is 24.5. The summed E-state index contributed by atoms with van der Waals surface area (Å²) in [6.07, 6.45) is -1.22. The van der Waals surface area contributed by atoms with Crippen molar-refractivity contribution in [2.75, 3.05) is 14.2 Å². The fraction of sp³-hybridized carbons (Fsp3) is 0.417. The number of nitrogens with two attached hydrogens (primary N) is 2. The molecule has 0 aliphatic carbocycles. The molecule has 0 saturated carbocycles.